The van der Waals surface area contributed by atoms with Gasteiger partial charge in [0.05, 0.1) is 4.90 Å². The number of hydrogen-bond donors (Lipinski definition) is 0. The summed E-state index contributed by atoms with van der Waals surface area (Å²) in [5.74, 6) is 0. The van der Waals surface area contributed by atoms with Gasteiger partial charge in [0.2, 0.25) is 0 Å². The lowest BCUT2D eigenvalue weighted by molar-refractivity contribution is 0.602. The van der Waals surface area contributed by atoms with Crippen LogP contribution in [0.5, 0.6) is 0 Å². The number of nitrogens with zero attached hydrogens (tertiary/aromatic N) is 1. The lowest BCUT2D eigenvalue weighted by atomic mass is 9.99. The third-order valence-corrected chi connectivity index (χ3v) is 4.89. The second kappa shape index (κ2) is 4.94. The van der Waals surface area contributed by atoms with E-state index in [2.05, 4.69) is 29.2 Å². The monoisotopic (exact) mass is 287 g/mol. The van der Waals surface area contributed by atoms with Crippen LogP contribution in [-0.2, 0) is 22.8 Å². The van der Waals surface area contributed by atoms with Crippen LogP contribution in [0.1, 0.15) is 11.1 Å². The fraction of sp³-hybridized carbons (Fsp3) is 0.250. The average molecular weight is 287 g/mol. The van der Waals surface area contributed by atoms with Gasteiger partial charge in [0.1, 0.15) is 0 Å². The molecule has 0 bridgehead atoms. The molecule has 0 radical (unpaired) electrons. The summed E-state index contributed by atoms with van der Waals surface area (Å²) in [6.45, 7) is 1.85. The van der Waals surface area contributed by atoms with Gasteiger partial charge >= 0.3 is 0 Å². The van der Waals surface area contributed by atoms with Crippen LogP contribution in [0.25, 0.3) is 0 Å². The summed E-state index contributed by atoms with van der Waals surface area (Å²) < 4.78 is 22.9. The molecule has 1 aliphatic rings. The van der Waals surface area contributed by atoms with Gasteiger partial charge in [0.15, 0.2) is 9.84 Å². The number of anilines is 1. The molecular formula is C16H17NO2S. The van der Waals surface area contributed by atoms with Crippen molar-refractivity contribution in [3.05, 3.63) is 59.7 Å². The highest BCUT2D eigenvalue weighted by Gasteiger charge is 2.16. The van der Waals surface area contributed by atoms with Gasteiger partial charge in [-0.05, 0) is 41.8 Å². The van der Waals surface area contributed by atoms with Crippen molar-refractivity contribution in [1.29, 1.82) is 0 Å². The first-order valence-corrected chi connectivity index (χ1v) is 8.55. The van der Waals surface area contributed by atoms with E-state index >= 15 is 0 Å². The molecule has 1 heterocycles. The summed E-state index contributed by atoms with van der Waals surface area (Å²) in [4.78, 5) is 2.66. The van der Waals surface area contributed by atoms with Crippen molar-refractivity contribution in [2.45, 2.75) is 17.9 Å². The molecule has 0 N–H and O–H groups in total. The second-order valence-corrected chi connectivity index (χ2v) is 7.22. The van der Waals surface area contributed by atoms with Crippen LogP contribution < -0.4 is 4.90 Å². The Kier molecular flexibility index (Phi) is 3.26. The van der Waals surface area contributed by atoms with Gasteiger partial charge in [-0.15, -0.1) is 0 Å². The molecular weight excluding hydrogens is 270 g/mol. The molecule has 2 aromatic carbocycles. The lowest BCUT2D eigenvalue weighted by Gasteiger charge is -2.30. The molecule has 0 saturated carbocycles. The Hall–Kier alpha value is -1.81. The van der Waals surface area contributed by atoms with Gasteiger partial charge in [-0.2, -0.15) is 0 Å². The lowest BCUT2D eigenvalue weighted by Crippen LogP contribution is -2.30. The predicted octanol–water partition coefficient (Wildman–Crippen LogP) is 2.65. The molecule has 2 aromatic rings. The quantitative estimate of drug-likeness (QED) is 0.852. The zero-order valence-corrected chi connectivity index (χ0v) is 12.2. The number of hydrogen-bond acceptors (Lipinski definition) is 3. The number of fused-ring (bicyclic) bond motifs is 1. The van der Waals surface area contributed by atoms with Crippen LogP contribution in [0.2, 0.25) is 0 Å². The van der Waals surface area contributed by atoms with Crippen molar-refractivity contribution in [2.24, 2.45) is 0 Å². The summed E-state index contributed by atoms with van der Waals surface area (Å²) in [5.41, 5.74) is 3.84. The first-order chi connectivity index (χ1) is 9.54. The Morgan fingerprint density at radius 3 is 2.25 bits per heavy atom. The first kappa shape index (κ1) is 13.2. The van der Waals surface area contributed by atoms with E-state index in [0.29, 0.717) is 4.90 Å². The minimum Gasteiger partial charge on any atom is -0.367 e. The summed E-state index contributed by atoms with van der Waals surface area (Å²) in [7, 11) is -3.12. The predicted molar refractivity (Wildman–Crippen MR) is 80.7 cm³/mol. The molecule has 3 rings (SSSR count). The summed E-state index contributed by atoms with van der Waals surface area (Å²) in [5, 5.41) is 0. The van der Waals surface area contributed by atoms with Crippen molar-refractivity contribution in [1.82, 2.24) is 0 Å². The minimum absolute atomic E-state index is 0.374. The van der Waals surface area contributed by atoms with E-state index in [1.807, 2.05) is 12.1 Å². The van der Waals surface area contributed by atoms with E-state index in [9.17, 15) is 8.42 Å². The smallest absolute Gasteiger partial charge is 0.175 e. The van der Waals surface area contributed by atoms with E-state index < -0.39 is 9.84 Å². The maximum Gasteiger partial charge on any atom is 0.175 e. The molecule has 0 aliphatic carbocycles. The van der Waals surface area contributed by atoms with Crippen LogP contribution in [-0.4, -0.2) is 21.2 Å². The Bertz CT molecular complexity index is 720. The highest BCUT2D eigenvalue weighted by Crippen LogP contribution is 2.25. The van der Waals surface area contributed by atoms with Crippen molar-refractivity contribution in [2.75, 3.05) is 17.7 Å². The van der Waals surface area contributed by atoms with Crippen molar-refractivity contribution in [3.63, 3.8) is 0 Å². The number of benzene rings is 2. The zero-order valence-electron chi connectivity index (χ0n) is 11.4. The minimum atomic E-state index is -3.12. The summed E-state index contributed by atoms with van der Waals surface area (Å²) >= 11 is 0. The standard InChI is InChI=1S/C16H17NO2S/c1-20(18,19)16-8-6-15(7-9-16)17-11-10-13-4-2-3-5-14(13)12-17/h2-9H,10-12H2,1H3. The largest absolute Gasteiger partial charge is 0.367 e. The maximum atomic E-state index is 11.5. The normalized spacial score (nSPS) is 14.9. The van der Waals surface area contributed by atoms with Crippen LogP contribution >= 0.6 is 0 Å². The van der Waals surface area contributed by atoms with Gasteiger partial charge in [0, 0.05) is 25.0 Å². The third kappa shape index (κ3) is 2.56. The average Bonchev–Trinajstić information content (AvgIpc) is 2.46. The van der Waals surface area contributed by atoms with E-state index in [1.165, 1.54) is 17.4 Å². The van der Waals surface area contributed by atoms with E-state index in [0.717, 1.165) is 25.2 Å². The molecule has 0 amide bonds. The Morgan fingerprint density at radius 2 is 1.60 bits per heavy atom. The van der Waals surface area contributed by atoms with Crippen LogP contribution in [0.15, 0.2) is 53.4 Å². The van der Waals surface area contributed by atoms with E-state index in [4.69, 9.17) is 0 Å². The number of rotatable bonds is 2. The third-order valence-electron chi connectivity index (χ3n) is 3.76. The molecule has 3 nitrogen and oxygen atoms in total. The molecule has 20 heavy (non-hydrogen) atoms. The molecule has 0 unspecified atom stereocenters. The Labute approximate surface area is 119 Å². The maximum absolute atomic E-state index is 11.5. The fourth-order valence-electron chi connectivity index (χ4n) is 2.62. The Balaban J connectivity index is 1.85. The van der Waals surface area contributed by atoms with Gasteiger partial charge in [-0.1, -0.05) is 24.3 Å². The molecule has 104 valence electrons. The topological polar surface area (TPSA) is 37.4 Å². The van der Waals surface area contributed by atoms with Crippen LogP contribution in [0, 0.1) is 0 Å². The van der Waals surface area contributed by atoms with Crippen molar-refractivity contribution in [3.8, 4) is 0 Å². The van der Waals surface area contributed by atoms with Crippen LogP contribution in [0.3, 0.4) is 0 Å². The summed E-state index contributed by atoms with van der Waals surface area (Å²) in [6, 6.07) is 15.6. The summed E-state index contributed by atoms with van der Waals surface area (Å²) in [6.07, 6.45) is 2.27. The highest BCUT2D eigenvalue weighted by molar-refractivity contribution is 7.90. The molecule has 0 fully saturated rings. The SMILES string of the molecule is CS(=O)(=O)c1ccc(N2CCc3ccccc3C2)cc1. The molecule has 0 spiro atoms. The van der Waals surface area contributed by atoms with Gasteiger partial charge < -0.3 is 4.90 Å². The van der Waals surface area contributed by atoms with E-state index in [1.54, 1.807) is 12.1 Å². The molecule has 1 aliphatic heterocycles. The fourth-order valence-corrected chi connectivity index (χ4v) is 3.25. The molecule has 0 atom stereocenters. The van der Waals surface area contributed by atoms with Gasteiger partial charge in [-0.25, -0.2) is 8.42 Å². The van der Waals surface area contributed by atoms with Gasteiger partial charge in [0.25, 0.3) is 0 Å². The second-order valence-electron chi connectivity index (χ2n) is 5.21. The Morgan fingerprint density at radius 1 is 0.950 bits per heavy atom. The number of sulfone groups is 1. The molecule has 0 saturated heterocycles. The van der Waals surface area contributed by atoms with Crippen LogP contribution in [0.4, 0.5) is 5.69 Å². The van der Waals surface area contributed by atoms with Crippen molar-refractivity contribution >= 4 is 15.5 Å². The van der Waals surface area contributed by atoms with Crippen molar-refractivity contribution < 1.29 is 8.42 Å². The molecule has 0 aromatic heterocycles. The highest BCUT2D eigenvalue weighted by atomic mass is 32.2. The van der Waals surface area contributed by atoms with E-state index in [-0.39, 0.29) is 0 Å². The molecule has 4 heteroatoms. The first-order valence-electron chi connectivity index (χ1n) is 6.66. The van der Waals surface area contributed by atoms with Gasteiger partial charge in [-0.3, -0.25) is 0 Å². The zero-order chi connectivity index (χ0) is 14.2.